The van der Waals surface area contributed by atoms with Gasteiger partial charge in [-0.1, -0.05) is 53.3 Å². The maximum Gasteiger partial charge on any atom is 0.271 e. The first-order valence-corrected chi connectivity index (χ1v) is 13.7. The van der Waals surface area contributed by atoms with Crippen LogP contribution in [0.2, 0.25) is 0 Å². The largest absolute Gasteiger partial charge is 0.491 e. The molecule has 184 valence electrons. The molecule has 2 rings (SSSR count). The summed E-state index contributed by atoms with van der Waals surface area (Å²) < 4.78 is 34.4. The molecular formula is C26H39NO4S2. The number of benzene rings is 1. The van der Waals surface area contributed by atoms with E-state index in [1.807, 2.05) is 46.8 Å². The standard InChI is InChI=1S/C26H39NO4S2/c1-10-26(11-2,23-15-19(6)24(32-23)33(29,30)27-17(3)4)20-12-13-21(18(5)14-20)31-16-22(28)25(7,8)9/h12-15,22,27-28H,3,10-11,16H2,1-2,4-9H3. The highest BCUT2D eigenvalue weighted by Crippen LogP contribution is 2.45. The zero-order valence-corrected chi connectivity index (χ0v) is 22.8. The number of hydrogen-bond donors (Lipinski definition) is 2. The quantitative estimate of drug-likeness (QED) is 0.421. The molecule has 2 N–H and O–H groups in total. The van der Waals surface area contributed by atoms with Gasteiger partial charge in [-0.05, 0) is 67.9 Å². The Balaban J connectivity index is 2.45. The highest BCUT2D eigenvalue weighted by molar-refractivity contribution is 7.91. The number of allylic oxidation sites excluding steroid dienone is 1. The Morgan fingerprint density at radius 1 is 1.15 bits per heavy atom. The Hall–Kier alpha value is -1.83. The van der Waals surface area contributed by atoms with Crippen LogP contribution in [0.5, 0.6) is 5.75 Å². The van der Waals surface area contributed by atoms with E-state index in [0.29, 0.717) is 9.91 Å². The van der Waals surface area contributed by atoms with Gasteiger partial charge < -0.3 is 9.84 Å². The number of rotatable bonds is 10. The van der Waals surface area contributed by atoms with Crippen molar-refractivity contribution in [3.63, 3.8) is 0 Å². The molecular weight excluding hydrogens is 454 g/mol. The summed E-state index contributed by atoms with van der Waals surface area (Å²) in [5, 5.41) is 10.3. The van der Waals surface area contributed by atoms with Crippen LogP contribution in [-0.2, 0) is 15.4 Å². The summed E-state index contributed by atoms with van der Waals surface area (Å²) in [6.45, 7) is 19.6. The minimum atomic E-state index is -3.65. The molecule has 1 atom stereocenters. The van der Waals surface area contributed by atoms with Crippen molar-refractivity contribution in [2.75, 3.05) is 6.61 Å². The van der Waals surface area contributed by atoms with Gasteiger partial charge >= 0.3 is 0 Å². The van der Waals surface area contributed by atoms with E-state index in [9.17, 15) is 13.5 Å². The van der Waals surface area contributed by atoms with Crippen LogP contribution < -0.4 is 9.46 Å². The Labute approximate surface area is 203 Å². The lowest BCUT2D eigenvalue weighted by atomic mass is 9.74. The van der Waals surface area contributed by atoms with Gasteiger partial charge in [-0.25, -0.2) is 8.42 Å². The molecule has 0 aliphatic carbocycles. The average Bonchev–Trinajstić information content (AvgIpc) is 3.10. The second kappa shape index (κ2) is 10.2. The molecule has 0 aliphatic rings. The third kappa shape index (κ3) is 6.00. The average molecular weight is 494 g/mol. The number of aryl methyl sites for hydroxylation is 2. The van der Waals surface area contributed by atoms with Gasteiger partial charge in [0.05, 0.1) is 6.10 Å². The van der Waals surface area contributed by atoms with Crippen LogP contribution in [0.25, 0.3) is 0 Å². The molecule has 1 aromatic heterocycles. The number of aliphatic hydroxyl groups excluding tert-OH is 1. The fourth-order valence-electron chi connectivity index (χ4n) is 3.92. The summed E-state index contributed by atoms with van der Waals surface area (Å²) in [5.41, 5.74) is 2.70. The van der Waals surface area contributed by atoms with Gasteiger partial charge in [0.1, 0.15) is 16.6 Å². The molecule has 1 aromatic carbocycles. The first kappa shape index (κ1) is 27.4. The van der Waals surface area contributed by atoms with Gasteiger partial charge in [0.2, 0.25) is 0 Å². The Bertz CT molecular complexity index is 1090. The van der Waals surface area contributed by atoms with E-state index in [-0.39, 0.29) is 17.4 Å². The Morgan fingerprint density at radius 3 is 2.24 bits per heavy atom. The van der Waals surface area contributed by atoms with Gasteiger partial charge in [-0.3, -0.25) is 4.72 Å². The molecule has 0 amide bonds. The van der Waals surface area contributed by atoms with Crippen molar-refractivity contribution in [1.29, 1.82) is 0 Å². The van der Waals surface area contributed by atoms with Gasteiger partial charge in [-0.2, -0.15) is 0 Å². The number of nitrogens with one attached hydrogen (secondary N) is 1. The van der Waals surface area contributed by atoms with Gasteiger partial charge in [0.25, 0.3) is 10.0 Å². The van der Waals surface area contributed by atoms with Gasteiger partial charge in [-0.15, -0.1) is 11.3 Å². The fraction of sp³-hybridized carbons (Fsp3) is 0.538. The van der Waals surface area contributed by atoms with Crippen molar-refractivity contribution in [3.05, 3.63) is 58.1 Å². The van der Waals surface area contributed by atoms with Crippen LogP contribution in [0.1, 0.15) is 76.0 Å². The van der Waals surface area contributed by atoms with E-state index in [2.05, 4.69) is 37.3 Å². The molecule has 0 saturated carbocycles. The summed E-state index contributed by atoms with van der Waals surface area (Å²) >= 11 is 1.33. The number of hydrogen-bond acceptors (Lipinski definition) is 5. The van der Waals surface area contributed by atoms with Crippen molar-refractivity contribution in [2.24, 2.45) is 5.41 Å². The van der Waals surface area contributed by atoms with Crippen molar-refractivity contribution in [2.45, 2.75) is 84.0 Å². The van der Waals surface area contributed by atoms with Crippen molar-refractivity contribution >= 4 is 21.4 Å². The molecule has 0 aliphatic heterocycles. The summed E-state index contributed by atoms with van der Waals surface area (Å²) in [7, 11) is -3.65. The monoisotopic (exact) mass is 493 g/mol. The topological polar surface area (TPSA) is 75.6 Å². The molecule has 0 bridgehead atoms. The van der Waals surface area contributed by atoms with E-state index in [1.54, 1.807) is 6.92 Å². The molecule has 5 nitrogen and oxygen atoms in total. The molecule has 1 heterocycles. The van der Waals surface area contributed by atoms with Crippen LogP contribution in [-0.4, -0.2) is 26.2 Å². The highest BCUT2D eigenvalue weighted by Gasteiger charge is 2.35. The second-order valence-corrected chi connectivity index (χ2v) is 12.9. The minimum absolute atomic E-state index is 0.234. The zero-order chi connectivity index (χ0) is 25.2. The Morgan fingerprint density at radius 2 is 1.76 bits per heavy atom. The van der Waals surface area contributed by atoms with Crippen LogP contribution in [0.15, 0.2) is 40.8 Å². The predicted molar refractivity (Wildman–Crippen MR) is 138 cm³/mol. The van der Waals surface area contributed by atoms with Crippen LogP contribution in [0.3, 0.4) is 0 Å². The predicted octanol–water partition coefficient (Wildman–Crippen LogP) is 6.07. The van der Waals surface area contributed by atoms with E-state index >= 15 is 0 Å². The Kier molecular flexibility index (Phi) is 8.47. The van der Waals surface area contributed by atoms with E-state index in [1.165, 1.54) is 11.3 Å². The summed E-state index contributed by atoms with van der Waals surface area (Å²) in [4.78, 5) is 1.03. The number of thiophene rings is 1. The number of aliphatic hydroxyl groups is 1. The molecule has 0 spiro atoms. The fourth-order valence-corrected chi connectivity index (χ4v) is 7.05. The smallest absolute Gasteiger partial charge is 0.271 e. The van der Waals surface area contributed by atoms with E-state index in [4.69, 9.17) is 4.74 Å². The van der Waals surface area contributed by atoms with Crippen LogP contribution >= 0.6 is 11.3 Å². The SMILES string of the molecule is C=C(C)NS(=O)(=O)c1sc(C(CC)(CC)c2ccc(OCC(O)C(C)(C)C)c(C)c2)cc1C. The summed E-state index contributed by atoms with van der Waals surface area (Å²) in [6, 6.07) is 8.15. The molecule has 1 unspecified atom stereocenters. The second-order valence-electron chi connectivity index (χ2n) is 9.93. The maximum absolute atomic E-state index is 12.8. The lowest BCUT2D eigenvalue weighted by Gasteiger charge is -2.32. The maximum atomic E-state index is 12.8. The molecule has 7 heteroatoms. The molecule has 2 aromatic rings. The lowest BCUT2D eigenvalue weighted by Crippen LogP contribution is -2.32. The van der Waals surface area contributed by atoms with Crippen molar-refractivity contribution in [3.8, 4) is 5.75 Å². The number of ether oxygens (including phenoxy) is 1. The molecule has 0 radical (unpaired) electrons. The first-order valence-electron chi connectivity index (χ1n) is 11.4. The summed E-state index contributed by atoms with van der Waals surface area (Å²) in [6.07, 6.45) is 1.10. The summed E-state index contributed by atoms with van der Waals surface area (Å²) in [5.74, 6) is 0.749. The van der Waals surface area contributed by atoms with Crippen LogP contribution in [0, 0.1) is 19.3 Å². The third-order valence-corrected chi connectivity index (χ3v) is 9.80. The van der Waals surface area contributed by atoms with Gasteiger partial charge in [0, 0.05) is 16.0 Å². The van der Waals surface area contributed by atoms with Gasteiger partial charge in [0.15, 0.2) is 0 Å². The van der Waals surface area contributed by atoms with Crippen LogP contribution in [0.4, 0.5) is 0 Å². The number of sulfonamides is 1. The lowest BCUT2D eigenvalue weighted by molar-refractivity contribution is 0.0216. The van der Waals surface area contributed by atoms with E-state index in [0.717, 1.165) is 40.2 Å². The van der Waals surface area contributed by atoms with Crippen molar-refractivity contribution < 1.29 is 18.3 Å². The van der Waals surface area contributed by atoms with E-state index < -0.39 is 16.1 Å². The van der Waals surface area contributed by atoms with Crippen molar-refractivity contribution in [1.82, 2.24) is 4.72 Å². The normalized spacial score (nSPS) is 13.6. The minimum Gasteiger partial charge on any atom is -0.491 e. The molecule has 33 heavy (non-hydrogen) atoms. The molecule has 0 saturated heterocycles. The zero-order valence-electron chi connectivity index (χ0n) is 21.2. The third-order valence-electron chi connectivity index (χ3n) is 6.23. The highest BCUT2D eigenvalue weighted by atomic mass is 32.2. The molecule has 0 fully saturated rings. The first-order chi connectivity index (χ1) is 15.2.